The van der Waals surface area contributed by atoms with E-state index in [0.29, 0.717) is 36.6 Å². The fourth-order valence-corrected chi connectivity index (χ4v) is 3.39. The second-order valence-electron chi connectivity index (χ2n) is 8.73. The minimum absolute atomic E-state index is 0.0264. The number of fused-ring (bicyclic) bond motifs is 1. The Kier molecular flexibility index (Phi) is 8.88. The molecule has 1 aromatic heterocycles. The zero-order valence-electron chi connectivity index (χ0n) is 19.5. The molecule has 7 heteroatoms. The van der Waals surface area contributed by atoms with E-state index in [1.54, 1.807) is 29.1 Å². The summed E-state index contributed by atoms with van der Waals surface area (Å²) >= 11 is 0. The van der Waals surface area contributed by atoms with Crippen LogP contribution in [0.15, 0.2) is 12.3 Å². The summed E-state index contributed by atoms with van der Waals surface area (Å²) < 4.78 is 6.18. The number of rotatable bonds is 6. The van der Waals surface area contributed by atoms with Crippen LogP contribution in [0.5, 0.6) is 5.88 Å². The first-order valence-corrected chi connectivity index (χ1v) is 11.0. The zero-order chi connectivity index (χ0) is 23.1. The first-order chi connectivity index (χ1) is 14.7. The van der Waals surface area contributed by atoms with Crippen molar-refractivity contribution in [2.45, 2.75) is 59.6 Å². The van der Waals surface area contributed by atoms with Gasteiger partial charge in [-0.3, -0.25) is 9.59 Å². The lowest BCUT2D eigenvalue weighted by atomic mass is 9.99. The summed E-state index contributed by atoms with van der Waals surface area (Å²) in [4.78, 5) is 33.1. The summed E-state index contributed by atoms with van der Waals surface area (Å²) in [7, 11) is 1.75. The fourth-order valence-electron chi connectivity index (χ4n) is 3.39. The van der Waals surface area contributed by atoms with E-state index in [1.165, 1.54) is 0 Å². The molecule has 0 unspecified atom stereocenters. The fraction of sp³-hybridized carbons (Fsp3) is 0.625. The lowest BCUT2D eigenvalue weighted by molar-refractivity contribution is -0.131. The van der Waals surface area contributed by atoms with Crippen molar-refractivity contribution in [3.8, 4) is 17.7 Å². The number of aliphatic hydroxyl groups excluding tert-OH is 1. The molecule has 3 atom stereocenters. The van der Waals surface area contributed by atoms with Crippen molar-refractivity contribution >= 4 is 11.8 Å². The quantitative estimate of drug-likeness (QED) is 0.703. The molecule has 1 aliphatic rings. The molecule has 31 heavy (non-hydrogen) atoms. The number of ether oxygens (including phenoxy) is 1. The molecule has 1 N–H and O–H groups in total. The molecule has 0 aromatic carbocycles. The Hall–Kier alpha value is -2.59. The van der Waals surface area contributed by atoms with E-state index in [4.69, 9.17) is 4.74 Å². The average Bonchev–Trinajstić information content (AvgIpc) is 2.74. The van der Waals surface area contributed by atoms with Crippen LogP contribution in [0.4, 0.5) is 0 Å². The van der Waals surface area contributed by atoms with Crippen molar-refractivity contribution in [2.75, 3.05) is 26.7 Å². The van der Waals surface area contributed by atoms with Gasteiger partial charge in [0.25, 0.3) is 5.91 Å². The number of hydrogen-bond donors (Lipinski definition) is 1. The van der Waals surface area contributed by atoms with E-state index in [-0.39, 0.29) is 42.4 Å². The Morgan fingerprint density at radius 1 is 1.42 bits per heavy atom. The van der Waals surface area contributed by atoms with Gasteiger partial charge in [-0.15, -0.1) is 0 Å². The Morgan fingerprint density at radius 2 is 2.13 bits per heavy atom. The monoisotopic (exact) mass is 429 g/mol. The van der Waals surface area contributed by atoms with Crippen LogP contribution in [0.25, 0.3) is 0 Å². The highest BCUT2D eigenvalue weighted by Gasteiger charge is 2.34. The standard InChI is InChI=1S/C24H35N3O4/c1-7-22(29)26(6)14-21-17(4)13-27(18(5)15-28)24(30)20-11-19(10-8-9-16(2)3)12-25-23(20)31-21/h11-12,16-18,21,28H,7,9,13-15H2,1-6H3/t17-,18+,21-/m1/s1. The van der Waals surface area contributed by atoms with Crippen molar-refractivity contribution in [1.29, 1.82) is 0 Å². The van der Waals surface area contributed by atoms with Crippen LogP contribution < -0.4 is 4.74 Å². The second-order valence-corrected chi connectivity index (χ2v) is 8.73. The number of likely N-dealkylation sites (N-methyl/N-ethyl adjacent to an activating group) is 1. The minimum atomic E-state index is -0.354. The molecule has 0 saturated carbocycles. The summed E-state index contributed by atoms with van der Waals surface area (Å²) in [5, 5.41) is 9.72. The number of amides is 2. The Labute approximate surface area is 185 Å². The summed E-state index contributed by atoms with van der Waals surface area (Å²) in [6.45, 7) is 10.5. The highest BCUT2D eigenvalue weighted by molar-refractivity contribution is 5.97. The largest absolute Gasteiger partial charge is 0.472 e. The number of carbonyl (C=O) groups excluding carboxylic acids is 2. The van der Waals surface area contributed by atoms with Gasteiger partial charge in [-0.2, -0.15) is 0 Å². The molecule has 1 aromatic rings. The van der Waals surface area contributed by atoms with Gasteiger partial charge in [-0.25, -0.2) is 4.98 Å². The van der Waals surface area contributed by atoms with Crippen molar-refractivity contribution in [1.82, 2.24) is 14.8 Å². The highest BCUT2D eigenvalue weighted by Crippen LogP contribution is 2.27. The van der Waals surface area contributed by atoms with E-state index < -0.39 is 0 Å². The normalized spacial score (nSPS) is 19.5. The van der Waals surface area contributed by atoms with Gasteiger partial charge in [-0.05, 0) is 18.9 Å². The molecule has 2 amide bonds. The Balaban J connectivity index is 2.44. The van der Waals surface area contributed by atoms with E-state index in [1.807, 2.05) is 20.8 Å². The molecule has 7 nitrogen and oxygen atoms in total. The van der Waals surface area contributed by atoms with Crippen LogP contribution in [0.1, 0.15) is 63.4 Å². The molecule has 0 radical (unpaired) electrons. The molecule has 0 spiro atoms. The van der Waals surface area contributed by atoms with Crippen LogP contribution >= 0.6 is 0 Å². The van der Waals surface area contributed by atoms with Gasteiger partial charge in [-0.1, -0.05) is 39.5 Å². The molecule has 170 valence electrons. The molecule has 2 heterocycles. The van der Waals surface area contributed by atoms with Gasteiger partial charge >= 0.3 is 0 Å². The maximum atomic E-state index is 13.3. The Bertz CT molecular complexity index is 843. The lowest BCUT2D eigenvalue weighted by Gasteiger charge is -2.37. The van der Waals surface area contributed by atoms with Crippen LogP contribution in [0.2, 0.25) is 0 Å². The molecule has 0 saturated heterocycles. The third-order valence-corrected chi connectivity index (χ3v) is 5.45. The second kappa shape index (κ2) is 11.1. The van der Waals surface area contributed by atoms with Crippen LogP contribution in [-0.2, 0) is 4.79 Å². The third kappa shape index (κ3) is 6.44. The van der Waals surface area contributed by atoms with Crippen molar-refractivity contribution < 1.29 is 19.4 Å². The first-order valence-electron chi connectivity index (χ1n) is 11.0. The number of pyridine rings is 1. The smallest absolute Gasteiger partial charge is 0.259 e. The van der Waals surface area contributed by atoms with Crippen molar-refractivity contribution in [3.63, 3.8) is 0 Å². The van der Waals surface area contributed by atoms with Crippen LogP contribution in [-0.4, -0.2) is 70.6 Å². The van der Waals surface area contributed by atoms with Gasteiger partial charge in [0, 0.05) is 44.1 Å². The van der Waals surface area contributed by atoms with E-state index in [0.717, 1.165) is 6.42 Å². The predicted octanol–water partition coefficient (Wildman–Crippen LogP) is 2.57. The molecular weight excluding hydrogens is 394 g/mol. The number of aromatic nitrogens is 1. The van der Waals surface area contributed by atoms with Gasteiger partial charge in [0.2, 0.25) is 11.8 Å². The number of aliphatic hydroxyl groups is 1. The lowest BCUT2D eigenvalue weighted by Crippen LogP contribution is -2.50. The first kappa shape index (κ1) is 24.7. The van der Waals surface area contributed by atoms with E-state index in [2.05, 4.69) is 30.7 Å². The maximum Gasteiger partial charge on any atom is 0.259 e. The van der Waals surface area contributed by atoms with Gasteiger partial charge in [0.15, 0.2) is 0 Å². The molecule has 1 aliphatic heterocycles. The SMILES string of the molecule is CCC(=O)N(C)C[C@H]1Oc2ncc(C#CCC(C)C)cc2C(=O)N([C@@H](C)CO)C[C@H]1C. The van der Waals surface area contributed by atoms with Crippen molar-refractivity contribution in [3.05, 3.63) is 23.4 Å². The van der Waals surface area contributed by atoms with E-state index in [9.17, 15) is 14.7 Å². The average molecular weight is 430 g/mol. The summed E-state index contributed by atoms with van der Waals surface area (Å²) in [5.74, 6) is 6.62. The number of hydrogen-bond acceptors (Lipinski definition) is 5. The predicted molar refractivity (Wildman–Crippen MR) is 120 cm³/mol. The van der Waals surface area contributed by atoms with Crippen LogP contribution in [0, 0.1) is 23.7 Å². The van der Waals surface area contributed by atoms with E-state index >= 15 is 0 Å². The van der Waals surface area contributed by atoms with Crippen LogP contribution in [0.3, 0.4) is 0 Å². The number of carbonyl (C=O) groups is 2. The maximum absolute atomic E-state index is 13.3. The summed E-state index contributed by atoms with van der Waals surface area (Å²) in [6, 6.07) is 1.36. The van der Waals surface area contributed by atoms with Gasteiger partial charge in [0.1, 0.15) is 11.7 Å². The molecule has 0 aliphatic carbocycles. The molecule has 2 rings (SSSR count). The topological polar surface area (TPSA) is 83.0 Å². The van der Waals surface area contributed by atoms with Gasteiger partial charge < -0.3 is 19.6 Å². The zero-order valence-corrected chi connectivity index (χ0v) is 19.5. The molecule has 0 fully saturated rings. The Morgan fingerprint density at radius 3 is 2.74 bits per heavy atom. The summed E-state index contributed by atoms with van der Waals surface area (Å²) in [5.41, 5.74) is 0.981. The molecular formula is C24H35N3O4. The third-order valence-electron chi connectivity index (χ3n) is 5.45. The summed E-state index contributed by atoms with van der Waals surface area (Å²) in [6.07, 6.45) is 2.44. The molecule has 0 bridgehead atoms. The van der Waals surface area contributed by atoms with Crippen molar-refractivity contribution in [2.24, 2.45) is 11.8 Å². The highest BCUT2D eigenvalue weighted by atomic mass is 16.5. The van der Waals surface area contributed by atoms with Gasteiger partial charge in [0.05, 0.1) is 19.2 Å². The minimum Gasteiger partial charge on any atom is -0.472 e. The number of nitrogens with zero attached hydrogens (tertiary/aromatic N) is 3.